The number of nitriles is 1. The molecule has 0 radical (unpaired) electrons. The second kappa shape index (κ2) is 8.07. The molecule has 140 valence electrons. The van der Waals surface area contributed by atoms with Crippen LogP contribution in [0.25, 0.3) is 11.4 Å². The van der Waals surface area contributed by atoms with E-state index in [2.05, 4.69) is 28.2 Å². The number of anilines is 3. The molecule has 6 heteroatoms. The topological polar surface area (TPSA) is 68.1 Å². The molecule has 0 bridgehead atoms. The van der Waals surface area contributed by atoms with Gasteiger partial charge in [0.15, 0.2) is 5.82 Å². The smallest absolute Gasteiger partial charge is 0.163 e. The zero-order valence-electron chi connectivity index (χ0n) is 15.8. The molecule has 1 fully saturated rings. The van der Waals surface area contributed by atoms with Gasteiger partial charge in [0.05, 0.1) is 11.6 Å². The van der Waals surface area contributed by atoms with Gasteiger partial charge in [-0.05, 0) is 31.3 Å². The normalized spacial score (nSPS) is 14.5. The molecule has 4 rings (SSSR count). The molecule has 2 aromatic carbocycles. The van der Waals surface area contributed by atoms with Gasteiger partial charge in [-0.1, -0.05) is 30.3 Å². The van der Waals surface area contributed by atoms with Crippen molar-refractivity contribution in [2.45, 2.75) is 0 Å². The number of rotatable bonds is 4. The van der Waals surface area contributed by atoms with E-state index >= 15 is 0 Å². The Kier molecular flexibility index (Phi) is 5.18. The fourth-order valence-electron chi connectivity index (χ4n) is 3.19. The van der Waals surface area contributed by atoms with Gasteiger partial charge < -0.3 is 15.1 Å². The van der Waals surface area contributed by atoms with Crippen LogP contribution >= 0.6 is 0 Å². The Hall–Kier alpha value is -3.43. The van der Waals surface area contributed by atoms with E-state index in [1.807, 2.05) is 48.5 Å². The molecule has 1 aromatic heterocycles. The second-order valence-electron chi connectivity index (χ2n) is 6.91. The second-order valence-corrected chi connectivity index (χ2v) is 6.91. The SMILES string of the molecule is CN1CCN(c2cc(Nc3ccc(C#N)cc3)nc(-c3ccccc3)n2)CC1. The van der Waals surface area contributed by atoms with E-state index in [-0.39, 0.29) is 0 Å². The molecule has 1 aliphatic heterocycles. The number of nitrogens with one attached hydrogen (secondary N) is 1. The highest BCUT2D eigenvalue weighted by Crippen LogP contribution is 2.25. The molecule has 0 atom stereocenters. The summed E-state index contributed by atoms with van der Waals surface area (Å²) < 4.78 is 0. The lowest BCUT2D eigenvalue weighted by Gasteiger charge is -2.33. The van der Waals surface area contributed by atoms with Crippen molar-refractivity contribution in [3.05, 3.63) is 66.2 Å². The number of piperazine rings is 1. The monoisotopic (exact) mass is 370 g/mol. The quantitative estimate of drug-likeness (QED) is 0.758. The fourth-order valence-corrected chi connectivity index (χ4v) is 3.19. The highest BCUT2D eigenvalue weighted by Gasteiger charge is 2.17. The molecule has 0 aliphatic carbocycles. The van der Waals surface area contributed by atoms with E-state index in [4.69, 9.17) is 15.2 Å². The summed E-state index contributed by atoms with van der Waals surface area (Å²) in [4.78, 5) is 14.2. The number of hydrogen-bond acceptors (Lipinski definition) is 6. The summed E-state index contributed by atoms with van der Waals surface area (Å²) >= 11 is 0. The van der Waals surface area contributed by atoms with Gasteiger partial charge in [-0.15, -0.1) is 0 Å². The summed E-state index contributed by atoms with van der Waals surface area (Å²) in [6.45, 7) is 3.92. The van der Waals surface area contributed by atoms with Crippen molar-refractivity contribution in [1.29, 1.82) is 5.26 Å². The molecular weight excluding hydrogens is 348 g/mol. The predicted molar refractivity (Wildman–Crippen MR) is 112 cm³/mol. The summed E-state index contributed by atoms with van der Waals surface area (Å²) in [6.07, 6.45) is 0. The van der Waals surface area contributed by atoms with E-state index in [0.29, 0.717) is 11.4 Å². The van der Waals surface area contributed by atoms with Gasteiger partial charge in [0, 0.05) is 43.5 Å². The van der Waals surface area contributed by atoms with Crippen molar-refractivity contribution >= 4 is 17.3 Å². The van der Waals surface area contributed by atoms with Crippen LogP contribution in [0.2, 0.25) is 0 Å². The molecule has 28 heavy (non-hydrogen) atoms. The van der Waals surface area contributed by atoms with Crippen molar-refractivity contribution in [1.82, 2.24) is 14.9 Å². The maximum absolute atomic E-state index is 8.98. The lowest BCUT2D eigenvalue weighted by molar-refractivity contribution is 0.312. The summed E-state index contributed by atoms with van der Waals surface area (Å²) in [5.41, 5.74) is 2.51. The van der Waals surface area contributed by atoms with Crippen LogP contribution in [0, 0.1) is 11.3 Å². The van der Waals surface area contributed by atoms with Gasteiger partial charge in [-0.2, -0.15) is 5.26 Å². The Morgan fingerprint density at radius 3 is 2.32 bits per heavy atom. The average Bonchev–Trinajstić information content (AvgIpc) is 2.75. The summed E-state index contributed by atoms with van der Waals surface area (Å²) in [5.74, 6) is 2.37. The summed E-state index contributed by atoms with van der Waals surface area (Å²) in [6, 6.07) is 21.5. The number of nitrogens with zero attached hydrogens (tertiary/aromatic N) is 5. The highest BCUT2D eigenvalue weighted by atomic mass is 15.3. The molecule has 0 unspecified atom stereocenters. The minimum Gasteiger partial charge on any atom is -0.354 e. The van der Waals surface area contributed by atoms with Gasteiger partial charge >= 0.3 is 0 Å². The van der Waals surface area contributed by atoms with Crippen LogP contribution in [0.15, 0.2) is 60.7 Å². The first-order valence-electron chi connectivity index (χ1n) is 9.36. The van der Waals surface area contributed by atoms with Crippen LogP contribution in [-0.2, 0) is 0 Å². The maximum atomic E-state index is 8.98. The van der Waals surface area contributed by atoms with Crippen LogP contribution in [0.3, 0.4) is 0 Å². The average molecular weight is 370 g/mol. The highest BCUT2D eigenvalue weighted by molar-refractivity contribution is 5.66. The Bertz CT molecular complexity index is 970. The molecule has 2 heterocycles. The van der Waals surface area contributed by atoms with Crippen molar-refractivity contribution in [2.24, 2.45) is 0 Å². The van der Waals surface area contributed by atoms with Crippen molar-refractivity contribution in [3.8, 4) is 17.5 Å². The van der Waals surface area contributed by atoms with Crippen molar-refractivity contribution in [2.75, 3.05) is 43.4 Å². The number of aromatic nitrogens is 2. The molecule has 0 saturated carbocycles. The van der Waals surface area contributed by atoms with Crippen LogP contribution in [-0.4, -0.2) is 48.1 Å². The lowest BCUT2D eigenvalue weighted by Crippen LogP contribution is -2.44. The van der Waals surface area contributed by atoms with Gasteiger partial charge in [-0.3, -0.25) is 0 Å². The summed E-state index contributed by atoms with van der Waals surface area (Å²) in [7, 11) is 2.14. The minimum absolute atomic E-state index is 0.635. The Morgan fingerprint density at radius 2 is 1.64 bits per heavy atom. The lowest BCUT2D eigenvalue weighted by atomic mass is 10.2. The minimum atomic E-state index is 0.635. The maximum Gasteiger partial charge on any atom is 0.163 e. The molecular formula is C22H22N6. The van der Waals surface area contributed by atoms with E-state index in [1.54, 1.807) is 12.1 Å². The Balaban J connectivity index is 1.68. The van der Waals surface area contributed by atoms with E-state index < -0.39 is 0 Å². The standard InChI is InChI=1S/C22H22N6/c1-27-11-13-28(14-12-27)21-15-20(24-19-9-7-17(16-23)8-10-19)25-22(26-21)18-5-3-2-4-6-18/h2-10,15H,11-14H2,1H3,(H,24,25,26). The van der Waals surface area contributed by atoms with E-state index in [9.17, 15) is 0 Å². The molecule has 1 N–H and O–H groups in total. The number of likely N-dealkylation sites (N-methyl/N-ethyl adjacent to an activating group) is 1. The summed E-state index contributed by atoms with van der Waals surface area (Å²) in [5, 5.41) is 12.3. The third-order valence-corrected chi connectivity index (χ3v) is 4.86. The number of hydrogen-bond donors (Lipinski definition) is 1. The largest absolute Gasteiger partial charge is 0.354 e. The predicted octanol–water partition coefficient (Wildman–Crippen LogP) is 3.51. The van der Waals surface area contributed by atoms with Crippen LogP contribution < -0.4 is 10.2 Å². The fraction of sp³-hybridized carbons (Fsp3) is 0.227. The van der Waals surface area contributed by atoms with Crippen LogP contribution in [0.4, 0.5) is 17.3 Å². The number of benzene rings is 2. The zero-order chi connectivity index (χ0) is 19.3. The van der Waals surface area contributed by atoms with Gasteiger partial charge in [-0.25, -0.2) is 9.97 Å². The van der Waals surface area contributed by atoms with Gasteiger partial charge in [0.1, 0.15) is 11.6 Å². The van der Waals surface area contributed by atoms with Crippen molar-refractivity contribution < 1.29 is 0 Å². The van der Waals surface area contributed by atoms with Gasteiger partial charge in [0.2, 0.25) is 0 Å². The Morgan fingerprint density at radius 1 is 0.929 bits per heavy atom. The van der Waals surface area contributed by atoms with E-state index in [0.717, 1.165) is 49.1 Å². The molecule has 0 spiro atoms. The molecule has 3 aromatic rings. The van der Waals surface area contributed by atoms with Gasteiger partial charge in [0.25, 0.3) is 0 Å². The van der Waals surface area contributed by atoms with Crippen LogP contribution in [0.5, 0.6) is 0 Å². The zero-order valence-corrected chi connectivity index (χ0v) is 15.8. The van der Waals surface area contributed by atoms with Crippen LogP contribution in [0.1, 0.15) is 5.56 Å². The Labute approximate surface area is 165 Å². The molecule has 1 saturated heterocycles. The molecule has 1 aliphatic rings. The first-order valence-corrected chi connectivity index (χ1v) is 9.36. The third-order valence-electron chi connectivity index (χ3n) is 4.86. The first kappa shape index (κ1) is 18.0. The molecule has 0 amide bonds. The van der Waals surface area contributed by atoms with Crippen molar-refractivity contribution in [3.63, 3.8) is 0 Å². The third kappa shape index (κ3) is 4.11. The van der Waals surface area contributed by atoms with E-state index in [1.165, 1.54) is 0 Å². The molecule has 6 nitrogen and oxygen atoms in total. The first-order chi connectivity index (χ1) is 13.7.